The monoisotopic (exact) mass is 202 g/mol. The lowest BCUT2D eigenvalue weighted by Gasteiger charge is -2.34. The molecule has 0 bridgehead atoms. The van der Waals surface area contributed by atoms with Crippen LogP contribution in [0.3, 0.4) is 0 Å². The van der Waals surface area contributed by atoms with Gasteiger partial charge in [0.2, 0.25) is 10.0 Å². The summed E-state index contributed by atoms with van der Waals surface area (Å²) in [5.74, 6) is 0. The Hall–Kier alpha value is -0.600. The first kappa shape index (κ1) is 10.5. The zero-order valence-corrected chi connectivity index (χ0v) is 8.71. The van der Waals surface area contributed by atoms with Gasteiger partial charge in [-0.1, -0.05) is 6.42 Å². The third-order valence-corrected chi connectivity index (χ3v) is 4.72. The van der Waals surface area contributed by atoms with E-state index in [1.807, 2.05) is 0 Å². The van der Waals surface area contributed by atoms with Gasteiger partial charge in [0.05, 0.1) is 6.07 Å². The number of hydrogen-bond donors (Lipinski definition) is 0. The Morgan fingerprint density at radius 2 is 2.08 bits per heavy atom. The molecule has 0 amide bonds. The summed E-state index contributed by atoms with van der Waals surface area (Å²) in [5.41, 5.74) is 0. The lowest BCUT2D eigenvalue weighted by atomic mass is 9.94. The quantitative estimate of drug-likeness (QED) is 0.677. The second-order valence-corrected chi connectivity index (χ2v) is 5.73. The summed E-state index contributed by atoms with van der Waals surface area (Å²) >= 11 is 0. The van der Waals surface area contributed by atoms with E-state index in [0.29, 0.717) is 0 Å². The van der Waals surface area contributed by atoms with E-state index < -0.39 is 15.3 Å². The minimum absolute atomic E-state index is 0.126. The highest BCUT2D eigenvalue weighted by molar-refractivity contribution is 7.89. The van der Waals surface area contributed by atoms with Crippen molar-refractivity contribution in [3.8, 4) is 6.07 Å². The van der Waals surface area contributed by atoms with Gasteiger partial charge in [0, 0.05) is 13.1 Å². The molecule has 1 aliphatic rings. The Morgan fingerprint density at radius 3 is 2.38 bits per heavy atom. The zero-order valence-electron chi connectivity index (χ0n) is 7.90. The molecule has 0 aromatic rings. The fraction of sp³-hybridized carbons (Fsp3) is 0.875. The molecule has 1 fully saturated rings. The maximum Gasteiger partial charge on any atom is 0.230 e. The predicted molar refractivity (Wildman–Crippen MR) is 49.4 cm³/mol. The number of nitriles is 1. The molecule has 0 heterocycles. The summed E-state index contributed by atoms with van der Waals surface area (Å²) in [7, 11) is -1.81. The van der Waals surface area contributed by atoms with E-state index in [4.69, 9.17) is 5.26 Å². The standard InChI is InChI=1S/C8H14N2O2S/c1-7(6-9)13(11,12)10(2)8-4-3-5-8/h7-8H,3-5H2,1-2H3. The lowest BCUT2D eigenvalue weighted by molar-refractivity contribution is 0.249. The number of rotatable bonds is 3. The molecule has 74 valence electrons. The van der Waals surface area contributed by atoms with E-state index in [-0.39, 0.29) is 6.04 Å². The maximum atomic E-state index is 11.6. The van der Waals surface area contributed by atoms with E-state index in [1.165, 1.54) is 11.2 Å². The molecule has 1 aliphatic carbocycles. The SMILES string of the molecule is CC(C#N)S(=O)(=O)N(C)C1CCC1. The molecule has 1 rings (SSSR count). The van der Waals surface area contributed by atoms with Crippen molar-refractivity contribution in [3.63, 3.8) is 0 Å². The van der Waals surface area contributed by atoms with Gasteiger partial charge in [0.1, 0.15) is 0 Å². The minimum Gasteiger partial charge on any atom is -0.211 e. The van der Waals surface area contributed by atoms with Crippen LogP contribution in [0.15, 0.2) is 0 Å². The Bertz CT molecular complexity index is 314. The number of hydrogen-bond acceptors (Lipinski definition) is 3. The summed E-state index contributed by atoms with van der Waals surface area (Å²) < 4.78 is 24.5. The van der Waals surface area contributed by atoms with Crippen molar-refractivity contribution in [2.24, 2.45) is 0 Å². The summed E-state index contributed by atoms with van der Waals surface area (Å²) in [6, 6.07) is 1.89. The largest absolute Gasteiger partial charge is 0.230 e. The van der Waals surface area contributed by atoms with E-state index in [1.54, 1.807) is 13.1 Å². The molecular formula is C8H14N2O2S. The third kappa shape index (κ3) is 1.84. The molecule has 0 aromatic carbocycles. The molecule has 4 nitrogen and oxygen atoms in total. The molecular weight excluding hydrogens is 188 g/mol. The van der Waals surface area contributed by atoms with Crippen molar-refractivity contribution in [3.05, 3.63) is 0 Å². The van der Waals surface area contributed by atoms with Crippen LogP contribution in [0.4, 0.5) is 0 Å². The van der Waals surface area contributed by atoms with Crippen molar-refractivity contribution in [1.29, 1.82) is 5.26 Å². The Balaban J connectivity index is 2.75. The summed E-state index contributed by atoms with van der Waals surface area (Å²) in [5, 5.41) is 7.60. The van der Waals surface area contributed by atoms with Crippen molar-refractivity contribution in [1.82, 2.24) is 4.31 Å². The highest BCUT2D eigenvalue weighted by Gasteiger charge is 2.33. The molecule has 0 aliphatic heterocycles. The van der Waals surface area contributed by atoms with Gasteiger partial charge in [-0.2, -0.15) is 5.26 Å². The van der Waals surface area contributed by atoms with Gasteiger partial charge in [0.15, 0.2) is 5.25 Å². The smallest absolute Gasteiger partial charge is 0.211 e. The first-order valence-corrected chi connectivity index (χ1v) is 5.87. The van der Waals surface area contributed by atoms with Crippen LogP contribution in [-0.4, -0.2) is 31.1 Å². The fourth-order valence-corrected chi connectivity index (χ4v) is 2.53. The Morgan fingerprint density at radius 1 is 1.54 bits per heavy atom. The highest BCUT2D eigenvalue weighted by atomic mass is 32.2. The average Bonchev–Trinajstić information content (AvgIpc) is 1.99. The first-order chi connectivity index (χ1) is 6.00. The van der Waals surface area contributed by atoms with Crippen molar-refractivity contribution in [2.75, 3.05) is 7.05 Å². The van der Waals surface area contributed by atoms with Crippen LogP contribution in [0.5, 0.6) is 0 Å². The Kier molecular flexibility index (Phi) is 2.94. The summed E-state index contributed by atoms with van der Waals surface area (Å²) in [4.78, 5) is 0. The van der Waals surface area contributed by atoms with Gasteiger partial charge in [0.25, 0.3) is 0 Å². The number of nitrogens with zero attached hydrogens (tertiary/aromatic N) is 2. The molecule has 5 heteroatoms. The van der Waals surface area contributed by atoms with Gasteiger partial charge in [-0.15, -0.1) is 0 Å². The minimum atomic E-state index is -3.38. The zero-order chi connectivity index (χ0) is 10.1. The van der Waals surface area contributed by atoms with E-state index >= 15 is 0 Å². The first-order valence-electron chi connectivity index (χ1n) is 4.36. The average molecular weight is 202 g/mol. The molecule has 0 saturated heterocycles. The van der Waals surface area contributed by atoms with Crippen LogP contribution in [0.25, 0.3) is 0 Å². The van der Waals surface area contributed by atoms with Gasteiger partial charge in [-0.05, 0) is 19.8 Å². The molecule has 13 heavy (non-hydrogen) atoms. The molecule has 1 unspecified atom stereocenters. The lowest BCUT2D eigenvalue weighted by Crippen LogP contribution is -2.44. The van der Waals surface area contributed by atoms with Crippen molar-refractivity contribution >= 4 is 10.0 Å². The third-order valence-electron chi connectivity index (χ3n) is 2.62. The second kappa shape index (κ2) is 3.64. The van der Waals surface area contributed by atoms with Crippen LogP contribution in [0, 0.1) is 11.3 Å². The fourth-order valence-electron chi connectivity index (χ4n) is 1.27. The van der Waals surface area contributed by atoms with Crippen molar-refractivity contribution < 1.29 is 8.42 Å². The molecule has 0 aromatic heterocycles. The van der Waals surface area contributed by atoms with Crippen LogP contribution in [-0.2, 0) is 10.0 Å². The highest BCUT2D eigenvalue weighted by Crippen LogP contribution is 2.26. The van der Waals surface area contributed by atoms with Gasteiger partial charge < -0.3 is 0 Å². The van der Waals surface area contributed by atoms with Crippen LogP contribution in [0.2, 0.25) is 0 Å². The van der Waals surface area contributed by atoms with E-state index in [2.05, 4.69) is 0 Å². The maximum absolute atomic E-state index is 11.6. The summed E-state index contributed by atoms with van der Waals surface area (Å²) in [6.45, 7) is 1.42. The molecule has 1 atom stereocenters. The molecule has 0 spiro atoms. The normalized spacial score (nSPS) is 20.8. The molecule has 0 N–H and O–H groups in total. The van der Waals surface area contributed by atoms with Crippen LogP contribution < -0.4 is 0 Å². The van der Waals surface area contributed by atoms with Crippen LogP contribution >= 0.6 is 0 Å². The second-order valence-electron chi connectivity index (χ2n) is 3.42. The topological polar surface area (TPSA) is 61.2 Å². The number of sulfonamides is 1. The van der Waals surface area contributed by atoms with Gasteiger partial charge in [-0.25, -0.2) is 12.7 Å². The van der Waals surface area contributed by atoms with Crippen molar-refractivity contribution in [2.45, 2.75) is 37.5 Å². The Labute approximate surface area is 79.2 Å². The molecule has 0 radical (unpaired) electrons. The van der Waals surface area contributed by atoms with Gasteiger partial charge in [-0.3, -0.25) is 0 Å². The molecule has 1 saturated carbocycles. The van der Waals surface area contributed by atoms with Gasteiger partial charge >= 0.3 is 0 Å². The van der Waals surface area contributed by atoms with E-state index in [9.17, 15) is 8.42 Å². The van der Waals surface area contributed by atoms with E-state index in [0.717, 1.165) is 19.3 Å². The van der Waals surface area contributed by atoms with Crippen LogP contribution in [0.1, 0.15) is 26.2 Å². The predicted octanol–water partition coefficient (Wildman–Crippen LogP) is 0.713. The summed E-state index contributed by atoms with van der Waals surface area (Å²) in [6.07, 6.45) is 2.94.